The third kappa shape index (κ3) is 4.47. The van der Waals surface area contributed by atoms with Gasteiger partial charge in [0.25, 0.3) is 0 Å². The molecule has 0 heterocycles. The summed E-state index contributed by atoms with van der Waals surface area (Å²) in [6.45, 7) is 0. The van der Waals surface area contributed by atoms with Crippen LogP contribution in [0.15, 0.2) is 57.9 Å². The molecule has 0 aliphatic carbocycles. The number of rotatable bonds is 5. The molecule has 2 aromatic rings. The Kier molecular flexibility index (Phi) is 4.90. The maximum absolute atomic E-state index is 12.8. The molecule has 0 saturated heterocycles. The lowest BCUT2D eigenvalue weighted by Gasteiger charge is -2.05. The predicted molar refractivity (Wildman–Crippen MR) is 81.3 cm³/mol. The molecule has 21 heavy (non-hydrogen) atoms. The zero-order valence-corrected chi connectivity index (χ0v) is 13.3. The van der Waals surface area contributed by atoms with Gasteiger partial charge in [0.2, 0.25) is 0 Å². The molecular formula is C15H12BrFO3S. The van der Waals surface area contributed by atoms with E-state index in [1.165, 1.54) is 36.4 Å². The second-order valence-electron chi connectivity index (χ2n) is 4.56. The summed E-state index contributed by atoms with van der Waals surface area (Å²) in [5.41, 5.74) is 0.589. The summed E-state index contributed by atoms with van der Waals surface area (Å²) in [4.78, 5) is 12.0. The van der Waals surface area contributed by atoms with Crippen molar-refractivity contribution in [1.82, 2.24) is 0 Å². The van der Waals surface area contributed by atoms with Gasteiger partial charge in [-0.05, 0) is 35.9 Å². The highest BCUT2D eigenvalue weighted by Crippen LogP contribution is 2.17. The molecule has 0 aromatic heterocycles. The molecule has 2 rings (SSSR count). The molecular weight excluding hydrogens is 359 g/mol. The van der Waals surface area contributed by atoms with Gasteiger partial charge in [-0.25, -0.2) is 12.8 Å². The topological polar surface area (TPSA) is 51.2 Å². The Hall–Kier alpha value is -1.53. The second kappa shape index (κ2) is 6.49. The van der Waals surface area contributed by atoms with Gasteiger partial charge in [-0.3, -0.25) is 4.79 Å². The fraction of sp³-hybridized carbons (Fsp3) is 0.133. The number of sulfone groups is 1. The average Bonchev–Trinajstić information content (AvgIpc) is 2.41. The highest BCUT2D eigenvalue weighted by molar-refractivity contribution is 9.10. The molecule has 2 aromatic carbocycles. The highest BCUT2D eigenvalue weighted by Gasteiger charge is 2.19. The van der Waals surface area contributed by atoms with Crippen LogP contribution in [0, 0.1) is 5.82 Å². The Morgan fingerprint density at radius 2 is 1.76 bits per heavy atom. The number of hydrogen-bond acceptors (Lipinski definition) is 3. The molecule has 0 aliphatic rings. The van der Waals surface area contributed by atoms with Crippen molar-refractivity contribution in [2.75, 3.05) is 5.75 Å². The van der Waals surface area contributed by atoms with Gasteiger partial charge >= 0.3 is 0 Å². The molecule has 0 saturated carbocycles. The summed E-state index contributed by atoms with van der Waals surface area (Å²) in [6.07, 6.45) is -0.0342. The largest absolute Gasteiger partial charge is 0.298 e. The minimum absolute atomic E-state index is 0.0342. The van der Waals surface area contributed by atoms with E-state index in [1.807, 2.05) is 0 Å². The maximum Gasteiger partial charge on any atom is 0.185 e. The van der Waals surface area contributed by atoms with Crippen LogP contribution in [-0.2, 0) is 21.1 Å². The molecule has 0 radical (unpaired) electrons. The van der Waals surface area contributed by atoms with Crippen molar-refractivity contribution in [3.63, 3.8) is 0 Å². The lowest BCUT2D eigenvalue weighted by molar-refractivity contribution is -0.116. The first-order valence-corrected chi connectivity index (χ1v) is 8.56. The molecule has 0 atom stereocenters. The molecule has 0 unspecified atom stereocenters. The Labute approximate surface area is 130 Å². The summed E-state index contributed by atoms with van der Waals surface area (Å²) < 4.78 is 37.7. The number of halogens is 2. The smallest absolute Gasteiger partial charge is 0.185 e. The standard InChI is InChI=1S/C15H12BrFO3S/c16-12-2-1-3-15(9-12)21(19,20)10-14(18)8-11-4-6-13(17)7-5-11/h1-7,9H,8,10H2. The van der Waals surface area contributed by atoms with Crippen molar-refractivity contribution in [2.24, 2.45) is 0 Å². The fourth-order valence-corrected chi connectivity index (χ4v) is 3.67. The van der Waals surface area contributed by atoms with Gasteiger partial charge < -0.3 is 0 Å². The zero-order valence-electron chi connectivity index (χ0n) is 10.9. The average molecular weight is 371 g/mol. The summed E-state index contributed by atoms with van der Waals surface area (Å²) in [7, 11) is -3.66. The van der Waals surface area contributed by atoms with Crippen molar-refractivity contribution < 1.29 is 17.6 Å². The van der Waals surface area contributed by atoms with Crippen LogP contribution in [0.1, 0.15) is 5.56 Å². The van der Waals surface area contributed by atoms with Crippen LogP contribution in [0.25, 0.3) is 0 Å². The third-order valence-electron chi connectivity index (χ3n) is 2.82. The van der Waals surface area contributed by atoms with Gasteiger partial charge in [-0.1, -0.05) is 34.1 Å². The molecule has 6 heteroatoms. The van der Waals surface area contributed by atoms with E-state index in [1.54, 1.807) is 12.1 Å². The summed E-state index contributed by atoms with van der Waals surface area (Å²) in [5.74, 6) is -1.39. The number of Topliss-reactive ketones (excluding diaryl/α,β-unsaturated/α-hetero) is 1. The quantitative estimate of drug-likeness (QED) is 0.811. The number of benzene rings is 2. The predicted octanol–water partition coefficient (Wildman–Crippen LogP) is 3.17. The SMILES string of the molecule is O=C(Cc1ccc(F)cc1)CS(=O)(=O)c1cccc(Br)c1. The molecule has 0 fully saturated rings. The van der Waals surface area contributed by atoms with Crippen LogP contribution in [0.2, 0.25) is 0 Å². The zero-order chi connectivity index (χ0) is 15.5. The van der Waals surface area contributed by atoms with Gasteiger partial charge in [0.05, 0.1) is 4.90 Å². The summed E-state index contributed by atoms with van der Waals surface area (Å²) >= 11 is 3.20. The van der Waals surface area contributed by atoms with Crippen LogP contribution >= 0.6 is 15.9 Å². The molecule has 0 spiro atoms. The lowest BCUT2D eigenvalue weighted by atomic mass is 10.1. The monoisotopic (exact) mass is 370 g/mol. The molecule has 0 bridgehead atoms. The van der Waals surface area contributed by atoms with E-state index in [2.05, 4.69) is 15.9 Å². The van der Waals surface area contributed by atoms with Gasteiger partial charge in [0.1, 0.15) is 11.6 Å². The minimum Gasteiger partial charge on any atom is -0.298 e. The van der Waals surface area contributed by atoms with Crippen molar-refractivity contribution in [3.05, 3.63) is 64.4 Å². The number of carbonyl (C=O) groups excluding carboxylic acids is 1. The van der Waals surface area contributed by atoms with E-state index in [9.17, 15) is 17.6 Å². The Morgan fingerprint density at radius 3 is 2.38 bits per heavy atom. The molecule has 0 aliphatic heterocycles. The first-order valence-electron chi connectivity index (χ1n) is 6.11. The lowest BCUT2D eigenvalue weighted by Crippen LogP contribution is -2.18. The van der Waals surface area contributed by atoms with Crippen LogP contribution in [0.3, 0.4) is 0 Å². The van der Waals surface area contributed by atoms with Crippen LogP contribution < -0.4 is 0 Å². The first kappa shape index (κ1) is 15.9. The van der Waals surface area contributed by atoms with Gasteiger partial charge in [0.15, 0.2) is 15.6 Å². The molecule has 3 nitrogen and oxygen atoms in total. The molecule has 0 N–H and O–H groups in total. The van der Waals surface area contributed by atoms with Crippen LogP contribution in [-0.4, -0.2) is 20.0 Å². The fourth-order valence-electron chi connectivity index (χ4n) is 1.84. The summed E-state index contributed by atoms with van der Waals surface area (Å²) in [6, 6.07) is 11.6. The molecule has 0 amide bonds. The minimum atomic E-state index is -3.66. The van der Waals surface area contributed by atoms with Crippen molar-refractivity contribution >= 4 is 31.6 Å². The molecule has 110 valence electrons. The van der Waals surface area contributed by atoms with E-state index in [4.69, 9.17) is 0 Å². The van der Waals surface area contributed by atoms with E-state index >= 15 is 0 Å². The Bertz CT molecular complexity index is 755. The van der Waals surface area contributed by atoms with Crippen LogP contribution in [0.5, 0.6) is 0 Å². The van der Waals surface area contributed by atoms with E-state index in [0.717, 1.165) is 0 Å². The van der Waals surface area contributed by atoms with Gasteiger partial charge in [-0.2, -0.15) is 0 Å². The Morgan fingerprint density at radius 1 is 1.10 bits per heavy atom. The van der Waals surface area contributed by atoms with E-state index in [-0.39, 0.29) is 11.3 Å². The number of ketones is 1. The highest BCUT2D eigenvalue weighted by atomic mass is 79.9. The van der Waals surface area contributed by atoms with Crippen molar-refractivity contribution in [3.8, 4) is 0 Å². The normalized spacial score (nSPS) is 11.3. The van der Waals surface area contributed by atoms with Crippen LogP contribution in [0.4, 0.5) is 4.39 Å². The second-order valence-corrected chi connectivity index (χ2v) is 7.46. The summed E-state index contributed by atoms with van der Waals surface area (Å²) in [5, 5.41) is 0. The van der Waals surface area contributed by atoms with Crippen molar-refractivity contribution in [2.45, 2.75) is 11.3 Å². The van der Waals surface area contributed by atoms with E-state index in [0.29, 0.717) is 10.0 Å². The first-order chi connectivity index (χ1) is 9.87. The maximum atomic E-state index is 12.8. The van der Waals surface area contributed by atoms with Crippen molar-refractivity contribution in [1.29, 1.82) is 0 Å². The van der Waals surface area contributed by atoms with E-state index < -0.39 is 27.2 Å². The van der Waals surface area contributed by atoms with Gasteiger partial charge in [-0.15, -0.1) is 0 Å². The number of carbonyl (C=O) groups is 1. The Balaban J connectivity index is 2.09. The third-order valence-corrected chi connectivity index (χ3v) is 4.99. The van der Waals surface area contributed by atoms with Gasteiger partial charge in [0, 0.05) is 10.9 Å². The number of hydrogen-bond donors (Lipinski definition) is 0.